The molecule has 0 aliphatic carbocycles. The van der Waals surface area contributed by atoms with E-state index in [1.165, 1.54) is 24.5 Å². The van der Waals surface area contributed by atoms with Gasteiger partial charge in [0.15, 0.2) is 5.60 Å². The second-order valence-corrected chi connectivity index (χ2v) is 3.75. The second kappa shape index (κ2) is 4.39. The van der Waals surface area contributed by atoms with E-state index in [9.17, 15) is 18.3 Å². The predicted octanol–water partition coefficient (Wildman–Crippen LogP) is 1.26. The van der Waals surface area contributed by atoms with Gasteiger partial charge in [-0.05, 0) is 18.6 Å². The number of alkyl halides is 3. The smallest absolute Gasteiger partial charge is 0.379 e. The van der Waals surface area contributed by atoms with Gasteiger partial charge in [0.05, 0.1) is 0 Å². The highest BCUT2D eigenvalue weighted by Crippen LogP contribution is 2.35. The van der Waals surface area contributed by atoms with Crippen molar-refractivity contribution in [2.45, 2.75) is 31.2 Å². The summed E-state index contributed by atoms with van der Waals surface area (Å²) in [5.41, 5.74) is 2.59. The van der Waals surface area contributed by atoms with Gasteiger partial charge in [0.2, 0.25) is 0 Å². The first-order valence-electron chi connectivity index (χ1n) is 4.71. The van der Waals surface area contributed by atoms with E-state index < -0.39 is 24.2 Å². The van der Waals surface area contributed by atoms with Crippen LogP contribution in [-0.4, -0.2) is 27.9 Å². The summed E-state index contributed by atoms with van der Waals surface area (Å²) in [5, 5.41) is 9.60. The van der Waals surface area contributed by atoms with E-state index in [0.717, 1.165) is 6.92 Å². The Bertz CT molecular complexity index is 340. The molecule has 0 radical (unpaired) electrons. The van der Waals surface area contributed by atoms with Gasteiger partial charge in [0.1, 0.15) is 0 Å². The van der Waals surface area contributed by atoms with E-state index in [4.69, 9.17) is 5.73 Å². The third kappa shape index (κ3) is 2.51. The van der Waals surface area contributed by atoms with E-state index >= 15 is 0 Å². The fraction of sp³-hybridized carbons (Fsp3) is 0.500. The lowest BCUT2D eigenvalue weighted by Gasteiger charge is -2.33. The fourth-order valence-corrected chi connectivity index (χ4v) is 1.33. The predicted molar refractivity (Wildman–Crippen MR) is 52.6 cm³/mol. The molecule has 6 heteroatoms. The average molecular weight is 234 g/mol. The normalized spacial score (nSPS) is 17.9. The number of hydrogen-bond donors (Lipinski definition) is 2. The van der Waals surface area contributed by atoms with Crippen molar-refractivity contribution < 1.29 is 18.3 Å². The van der Waals surface area contributed by atoms with E-state index in [1.54, 1.807) is 0 Å². The SMILES string of the molecule is CC(N)C(O)(Cc1cccnc1)C(F)(F)F. The summed E-state index contributed by atoms with van der Waals surface area (Å²) in [5.74, 6) is 0. The molecule has 1 heterocycles. The van der Waals surface area contributed by atoms with Crippen LogP contribution in [-0.2, 0) is 6.42 Å². The van der Waals surface area contributed by atoms with Gasteiger partial charge in [-0.25, -0.2) is 0 Å². The number of nitrogens with two attached hydrogens (primary N) is 1. The van der Waals surface area contributed by atoms with Crippen molar-refractivity contribution in [3.8, 4) is 0 Å². The summed E-state index contributed by atoms with van der Waals surface area (Å²) >= 11 is 0. The number of nitrogens with zero attached hydrogens (tertiary/aromatic N) is 1. The van der Waals surface area contributed by atoms with Gasteiger partial charge in [0, 0.05) is 24.9 Å². The number of aliphatic hydroxyl groups is 1. The molecular weight excluding hydrogens is 221 g/mol. The summed E-state index contributed by atoms with van der Waals surface area (Å²) in [6.45, 7) is 1.13. The Balaban J connectivity index is 2.98. The molecule has 3 nitrogen and oxygen atoms in total. The lowest BCUT2D eigenvalue weighted by atomic mass is 9.88. The standard InChI is InChI=1S/C10H13F3N2O/c1-7(14)9(16,10(11,12)13)5-8-3-2-4-15-6-8/h2-4,6-7,16H,5,14H2,1H3. The van der Waals surface area contributed by atoms with Gasteiger partial charge in [-0.2, -0.15) is 13.2 Å². The fourth-order valence-electron chi connectivity index (χ4n) is 1.33. The molecule has 0 aliphatic rings. The van der Waals surface area contributed by atoms with Crippen LogP contribution in [0, 0.1) is 0 Å². The molecule has 2 atom stereocenters. The highest BCUT2D eigenvalue weighted by molar-refractivity contribution is 5.14. The van der Waals surface area contributed by atoms with Gasteiger partial charge in [-0.1, -0.05) is 6.07 Å². The van der Waals surface area contributed by atoms with E-state index in [0.29, 0.717) is 5.56 Å². The molecule has 90 valence electrons. The number of pyridine rings is 1. The molecule has 0 fully saturated rings. The van der Waals surface area contributed by atoms with E-state index in [2.05, 4.69) is 4.98 Å². The van der Waals surface area contributed by atoms with Crippen molar-refractivity contribution in [3.05, 3.63) is 30.1 Å². The Morgan fingerprint density at radius 1 is 1.50 bits per heavy atom. The van der Waals surface area contributed by atoms with Gasteiger partial charge < -0.3 is 10.8 Å². The third-order valence-corrected chi connectivity index (χ3v) is 2.44. The summed E-state index contributed by atoms with van der Waals surface area (Å²) in [6.07, 6.45) is -2.64. The molecule has 0 spiro atoms. The van der Waals surface area contributed by atoms with Crippen molar-refractivity contribution in [2.75, 3.05) is 0 Å². The maximum absolute atomic E-state index is 12.7. The minimum atomic E-state index is -4.77. The van der Waals surface area contributed by atoms with Gasteiger partial charge in [0.25, 0.3) is 0 Å². The molecule has 0 amide bonds. The summed E-state index contributed by atoms with van der Waals surface area (Å²) in [4.78, 5) is 3.69. The quantitative estimate of drug-likeness (QED) is 0.827. The largest absolute Gasteiger partial charge is 0.419 e. The van der Waals surface area contributed by atoms with Crippen LogP contribution < -0.4 is 5.73 Å². The number of hydrogen-bond acceptors (Lipinski definition) is 3. The Morgan fingerprint density at radius 2 is 2.12 bits per heavy atom. The molecular formula is C10H13F3N2O. The first-order chi connectivity index (χ1) is 7.27. The maximum atomic E-state index is 12.7. The Hall–Kier alpha value is -1.14. The minimum absolute atomic E-state index is 0.291. The summed E-state index contributed by atoms with van der Waals surface area (Å²) < 4.78 is 38.1. The number of aromatic nitrogens is 1. The molecule has 16 heavy (non-hydrogen) atoms. The minimum Gasteiger partial charge on any atom is -0.379 e. The lowest BCUT2D eigenvalue weighted by Crippen LogP contribution is -2.58. The third-order valence-electron chi connectivity index (χ3n) is 2.44. The second-order valence-electron chi connectivity index (χ2n) is 3.75. The van der Waals surface area contributed by atoms with E-state index in [-0.39, 0.29) is 0 Å². The molecule has 0 aromatic carbocycles. The van der Waals surface area contributed by atoms with Gasteiger partial charge >= 0.3 is 6.18 Å². The van der Waals surface area contributed by atoms with Crippen LogP contribution in [0.15, 0.2) is 24.5 Å². The number of rotatable bonds is 3. The van der Waals surface area contributed by atoms with E-state index in [1.807, 2.05) is 0 Å². The average Bonchev–Trinajstić information content (AvgIpc) is 2.17. The highest BCUT2D eigenvalue weighted by Gasteiger charge is 2.56. The highest BCUT2D eigenvalue weighted by atomic mass is 19.4. The van der Waals surface area contributed by atoms with Gasteiger partial charge in [-0.3, -0.25) is 4.98 Å². The van der Waals surface area contributed by atoms with Crippen LogP contribution in [0.4, 0.5) is 13.2 Å². The van der Waals surface area contributed by atoms with Crippen molar-refractivity contribution in [1.82, 2.24) is 4.98 Å². The number of halogens is 3. The van der Waals surface area contributed by atoms with Crippen LogP contribution in [0.25, 0.3) is 0 Å². The molecule has 0 saturated carbocycles. The zero-order chi connectivity index (χ0) is 12.4. The molecule has 0 saturated heterocycles. The topological polar surface area (TPSA) is 59.1 Å². The van der Waals surface area contributed by atoms with Crippen molar-refractivity contribution in [1.29, 1.82) is 0 Å². The molecule has 3 N–H and O–H groups in total. The zero-order valence-electron chi connectivity index (χ0n) is 8.70. The van der Waals surface area contributed by atoms with Crippen LogP contribution >= 0.6 is 0 Å². The maximum Gasteiger partial charge on any atom is 0.419 e. The Labute approximate surface area is 91.1 Å². The summed E-state index contributed by atoms with van der Waals surface area (Å²) in [6, 6.07) is 1.56. The van der Waals surface area contributed by atoms with Gasteiger partial charge in [-0.15, -0.1) is 0 Å². The first-order valence-corrected chi connectivity index (χ1v) is 4.71. The lowest BCUT2D eigenvalue weighted by molar-refractivity contribution is -0.265. The molecule has 1 aromatic heterocycles. The van der Waals surface area contributed by atoms with Crippen LogP contribution in [0.5, 0.6) is 0 Å². The zero-order valence-corrected chi connectivity index (χ0v) is 8.70. The first kappa shape index (κ1) is 12.9. The molecule has 0 bridgehead atoms. The van der Waals surface area contributed by atoms with Crippen molar-refractivity contribution in [2.24, 2.45) is 5.73 Å². The molecule has 1 rings (SSSR count). The van der Waals surface area contributed by atoms with Crippen LogP contribution in [0.2, 0.25) is 0 Å². The van der Waals surface area contributed by atoms with Crippen molar-refractivity contribution >= 4 is 0 Å². The molecule has 1 aromatic rings. The van der Waals surface area contributed by atoms with Crippen LogP contribution in [0.3, 0.4) is 0 Å². The molecule has 2 unspecified atom stereocenters. The summed E-state index contributed by atoms with van der Waals surface area (Å²) in [7, 11) is 0. The van der Waals surface area contributed by atoms with Crippen LogP contribution in [0.1, 0.15) is 12.5 Å². The van der Waals surface area contributed by atoms with Crippen molar-refractivity contribution in [3.63, 3.8) is 0 Å². The molecule has 0 aliphatic heterocycles. The monoisotopic (exact) mass is 234 g/mol. The Morgan fingerprint density at radius 3 is 2.50 bits per heavy atom. The Kier molecular flexibility index (Phi) is 3.54.